The van der Waals surface area contributed by atoms with Gasteiger partial charge in [-0.15, -0.1) is 0 Å². The number of alkyl halides is 2. The number of nitrogens with zero attached hydrogens (tertiary/aromatic N) is 3. The van der Waals surface area contributed by atoms with Crippen LogP contribution in [0, 0.1) is 5.41 Å². The van der Waals surface area contributed by atoms with E-state index in [0.717, 1.165) is 11.8 Å². The monoisotopic (exact) mass is 376 g/mol. The van der Waals surface area contributed by atoms with Gasteiger partial charge < -0.3 is 4.90 Å². The number of carbonyl (C=O) groups is 1. The smallest absolute Gasteiger partial charge is 0.247 e. The van der Waals surface area contributed by atoms with Crippen molar-refractivity contribution in [3.05, 3.63) is 24.5 Å². The summed E-state index contributed by atoms with van der Waals surface area (Å²) < 4.78 is 24.2. The predicted molar refractivity (Wildman–Crippen MR) is 95.1 cm³/mol. The van der Waals surface area contributed by atoms with Crippen molar-refractivity contribution in [3.8, 4) is 0 Å². The molecule has 132 valence electrons. The maximum Gasteiger partial charge on any atom is 0.247 e. The number of aromatic nitrogens is 1. The molecule has 0 saturated carbocycles. The number of pyridine rings is 1. The molecule has 1 aromatic rings. The molecule has 0 saturated heterocycles. The second kappa shape index (κ2) is 11.1. The van der Waals surface area contributed by atoms with Crippen molar-refractivity contribution in [2.75, 3.05) is 18.1 Å². The van der Waals surface area contributed by atoms with Crippen molar-refractivity contribution in [1.82, 2.24) is 9.88 Å². The van der Waals surface area contributed by atoms with Gasteiger partial charge in [-0.3, -0.25) is 20.2 Å². The first-order valence-electron chi connectivity index (χ1n) is 7.29. The number of aliphatic imine (C=N–C) groups is 1. The lowest BCUT2D eigenvalue weighted by Crippen LogP contribution is -2.44. The Balaban J connectivity index is 2.70. The van der Waals surface area contributed by atoms with E-state index in [9.17, 15) is 13.6 Å². The van der Waals surface area contributed by atoms with E-state index in [-0.39, 0.29) is 23.3 Å². The molecule has 0 radical (unpaired) electrons. The number of thioether (sulfide) groups is 1. The maximum absolute atomic E-state index is 12.3. The van der Waals surface area contributed by atoms with E-state index >= 15 is 0 Å². The zero-order valence-electron chi connectivity index (χ0n) is 13.2. The lowest BCUT2D eigenvalue weighted by atomic mass is 10.2. The Labute approximate surface area is 149 Å². The standard InChI is InChI=1S/C15H19ClF2N4OS/c1-2-22(14(23)5-7-24-10-13(17)18)12(15(16)19)9-21-11-4-3-6-20-8-11/h3-4,6,8-9,12-13,19H,2,5,7,10H2,1H3. The summed E-state index contributed by atoms with van der Waals surface area (Å²) in [5.41, 5.74) is 0.580. The molecule has 0 aliphatic heterocycles. The average molecular weight is 377 g/mol. The highest BCUT2D eigenvalue weighted by molar-refractivity contribution is 7.99. The summed E-state index contributed by atoms with van der Waals surface area (Å²) in [6.45, 7) is 2.09. The van der Waals surface area contributed by atoms with Gasteiger partial charge in [0.25, 0.3) is 0 Å². The van der Waals surface area contributed by atoms with Crippen molar-refractivity contribution in [3.63, 3.8) is 0 Å². The number of hydrogen-bond donors (Lipinski definition) is 1. The summed E-state index contributed by atoms with van der Waals surface area (Å²) in [5.74, 6) is -0.259. The third-order valence-electron chi connectivity index (χ3n) is 2.97. The molecule has 1 rings (SSSR count). The molecule has 0 aliphatic carbocycles. The Morgan fingerprint density at radius 1 is 1.58 bits per heavy atom. The first kappa shape index (κ1) is 20.5. The molecule has 0 bridgehead atoms. The van der Waals surface area contributed by atoms with E-state index in [4.69, 9.17) is 17.0 Å². The third kappa shape index (κ3) is 7.35. The van der Waals surface area contributed by atoms with Crippen molar-refractivity contribution < 1.29 is 13.6 Å². The van der Waals surface area contributed by atoms with E-state index in [1.165, 1.54) is 11.1 Å². The van der Waals surface area contributed by atoms with Crippen LogP contribution in [-0.4, -0.2) is 57.7 Å². The minimum atomic E-state index is -2.39. The fraction of sp³-hybridized carbons (Fsp3) is 0.467. The number of nitrogens with one attached hydrogen (secondary N) is 1. The summed E-state index contributed by atoms with van der Waals surface area (Å²) in [6.07, 6.45) is 2.29. The van der Waals surface area contributed by atoms with E-state index in [0.29, 0.717) is 18.0 Å². The van der Waals surface area contributed by atoms with E-state index < -0.39 is 12.5 Å². The number of rotatable bonds is 10. The lowest BCUT2D eigenvalue weighted by molar-refractivity contribution is -0.130. The van der Waals surface area contributed by atoms with Gasteiger partial charge in [-0.05, 0) is 19.1 Å². The highest BCUT2D eigenvalue weighted by Crippen LogP contribution is 2.13. The van der Waals surface area contributed by atoms with Gasteiger partial charge in [0.2, 0.25) is 12.3 Å². The summed E-state index contributed by atoms with van der Waals surface area (Å²) in [6, 6.07) is 2.67. The van der Waals surface area contributed by atoms with Crippen LogP contribution in [0.1, 0.15) is 13.3 Å². The zero-order chi connectivity index (χ0) is 17.9. The summed E-state index contributed by atoms with van der Waals surface area (Å²) >= 11 is 6.83. The minimum absolute atomic E-state index is 0.104. The van der Waals surface area contributed by atoms with Gasteiger partial charge in [-0.1, -0.05) is 11.6 Å². The first-order valence-corrected chi connectivity index (χ1v) is 8.82. The molecular weight excluding hydrogens is 358 g/mol. The normalized spacial score (nSPS) is 12.5. The molecule has 1 amide bonds. The van der Waals surface area contributed by atoms with Crippen LogP contribution in [0.25, 0.3) is 0 Å². The van der Waals surface area contributed by atoms with E-state index in [1.807, 2.05) is 0 Å². The fourth-order valence-electron chi connectivity index (χ4n) is 1.87. The Morgan fingerprint density at radius 2 is 2.33 bits per heavy atom. The van der Waals surface area contributed by atoms with Crippen LogP contribution in [-0.2, 0) is 4.79 Å². The maximum atomic E-state index is 12.3. The quantitative estimate of drug-likeness (QED) is 0.501. The third-order valence-corrected chi connectivity index (χ3v) is 4.18. The van der Waals surface area contributed by atoms with Gasteiger partial charge in [0.15, 0.2) is 0 Å². The largest absolute Gasteiger partial charge is 0.328 e. The number of halogens is 3. The molecule has 1 unspecified atom stereocenters. The molecule has 24 heavy (non-hydrogen) atoms. The molecular formula is C15H19ClF2N4OS. The van der Waals surface area contributed by atoms with Crippen LogP contribution in [0.15, 0.2) is 29.5 Å². The Kier molecular flexibility index (Phi) is 9.48. The Morgan fingerprint density at radius 3 is 2.88 bits per heavy atom. The summed E-state index contributed by atoms with van der Waals surface area (Å²) in [5, 5.41) is 7.44. The van der Waals surface area contributed by atoms with Gasteiger partial charge in [-0.25, -0.2) is 8.78 Å². The number of amides is 1. The second-order valence-corrected chi connectivity index (χ2v) is 6.23. The van der Waals surface area contributed by atoms with E-state index in [1.54, 1.807) is 31.5 Å². The van der Waals surface area contributed by atoms with Crippen molar-refractivity contribution in [1.29, 1.82) is 5.41 Å². The fourth-order valence-corrected chi connectivity index (χ4v) is 2.71. The van der Waals surface area contributed by atoms with E-state index in [2.05, 4.69) is 9.98 Å². The molecule has 0 aromatic carbocycles. The SMILES string of the molecule is CCN(C(=O)CCSCC(F)F)C(C=Nc1cccnc1)C(=N)Cl. The van der Waals surface area contributed by atoms with Gasteiger partial charge >= 0.3 is 0 Å². The highest BCUT2D eigenvalue weighted by atomic mass is 35.5. The molecule has 1 aromatic heterocycles. The molecule has 1 N–H and O–H groups in total. The van der Waals surface area contributed by atoms with Crippen LogP contribution >= 0.6 is 23.4 Å². The molecule has 1 heterocycles. The molecule has 0 aliphatic rings. The molecule has 5 nitrogen and oxygen atoms in total. The lowest BCUT2D eigenvalue weighted by Gasteiger charge is -2.26. The van der Waals surface area contributed by atoms with Crippen molar-refractivity contribution in [2.45, 2.75) is 25.8 Å². The van der Waals surface area contributed by atoms with Crippen molar-refractivity contribution in [2.24, 2.45) is 4.99 Å². The molecule has 0 spiro atoms. The summed E-state index contributed by atoms with van der Waals surface area (Å²) in [4.78, 5) is 21.8. The summed E-state index contributed by atoms with van der Waals surface area (Å²) in [7, 11) is 0. The number of carbonyl (C=O) groups excluding carboxylic acids is 1. The predicted octanol–water partition coefficient (Wildman–Crippen LogP) is 3.61. The first-order chi connectivity index (χ1) is 11.5. The van der Waals surface area contributed by atoms with Gasteiger partial charge in [0.1, 0.15) is 11.2 Å². The van der Waals surface area contributed by atoms with Crippen molar-refractivity contribution >= 4 is 46.3 Å². The van der Waals surface area contributed by atoms with Crippen LogP contribution in [0.2, 0.25) is 0 Å². The van der Waals surface area contributed by atoms with Crippen LogP contribution in [0.5, 0.6) is 0 Å². The Bertz CT molecular complexity index is 560. The zero-order valence-corrected chi connectivity index (χ0v) is 14.7. The minimum Gasteiger partial charge on any atom is -0.328 e. The molecule has 0 fully saturated rings. The van der Waals surface area contributed by atoms with Crippen LogP contribution in [0.4, 0.5) is 14.5 Å². The molecule has 1 atom stereocenters. The Hall–Kier alpha value is -1.54. The number of hydrogen-bond acceptors (Lipinski definition) is 5. The van der Waals surface area contributed by atoms with Crippen LogP contribution in [0.3, 0.4) is 0 Å². The molecule has 9 heteroatoms. The highest BCUT2D eigenvalue weighted by Gasteiger charge is 2.23. The van der Waals surface area contributed by atoms with Gasteiger partial charge in [-0.2, -0.15) is 11.8 Å². The second-order valence-electron chi connectivity index (χ2n) is 4.68. The van der Waals surface area contributed by atoms with Gasteiger partial charge in [0.05, 0.1) is 17.6 Å². The topological polar surface area (TPSA) is 69.4 Å². The van der Waals surface area contributed by atoms with Crippen LogP contribution < -0.4 is 0 Å². The average Bonchev–Trinajstić information content (AvgIpc) is 2.55. The van der Waals surface area contributed by atoms with Gasteiger partial charge in [0, 0.05) is 31.1 Å².